The van der Waals surface area contributed by atoms with Crippen molar-refractivity contribution >= 4 is 5.91 Å². The second-order valence-corrected chi connectivity index (χ2v) is 6.39. The molecule has 0 aliphatic rings. The van der Waals surface area contributed by atoms with Crippen molar-refractivity contribution in [3.8, 4) is 11.4 Å². The maximum absolute atomic E-state index is 13.2. The van der Waals surface area contributed by atoms with E-state index >= 15 is 0 Å². The number of amides is 1. The van der Waals surface area contributed by atoms with Gasteiger partial charge in [0.2, 0.25) is 5.91 Å². The van der Waals surface area contributed by atoms with Crippen LogP contribution in [0.15, 0.2) is 35.1 Å². The topological polar surface area (TPSA) is 64.0 Å². The molecule has 0 fully saturated rings. The van der Waals surface area contributed by atoms with Crippen molar-refractivity contribution in [2.24, 2.45) is 5.92 Å². The zero-order chi connectivity index (χ0) is 18.4. The minimum atomic E-state index is -0.365. The summed E-state index contributed by atoms with van der Waals surface area (Å²) in [6, 6.07) is 7.18. The molecule has 0 bridgehead atoms. The zero-order valence-corrected chi connectivity index (χ0v) is 14.9. The third-order valence-electron chi connectivity index (χ3n) is 3.87. The number of halogens is 1. The molecule has 25 heavy (non-hydrogen) atoms. The maximum atomic E-state index is 13.2. The van der Waals surface area contributed by atoms with Crippen molar-refractivity contribution < 1.29 is 9.18 Å². The van der Waals surface area contributed by atoms with Gasteiger partial charge in [0.15, 0.2) is 0 Å². The molecule has 2 rings (SSSR count). The highest BCUT2D eigenvalue weighted by Crippen LogP contribution is 2.17. The molecule has 0 saturated carbocycles. The summed E-state index contributed by atoms with van der Waals surface area (Å²) in [5.41, 5.74) is 0.953. The molecule has 134 valence electrons. The number of rotatable bonds is 7. The fourth-order valence-electron chi connectivity index (χ4n) is 2.41. The van der Waals surface area contributed by atoms with Crippen LogP contribution < -0.4 is 10.9 Å². The van der Waals surface area contributed by atoms with Crippen LogP contribution in [0.2, 0.25) is 0 Å². The lowest BCUT2D eigenvalue weighted by atomic mass is 10.1. The first kappa shape index (κ1) is 18.8. The Balaban J connectivity index is 2.31. The average Bonchev–Trinajstić information content (AvgIpc) is 2.57. The predicted molar refractivity (Wildman–Crippen MR) is 95.7 cm³/mol. The SMILES string of the molecule is CCc1cc(=O)n(CC(=O)NCCC(C)C)c(-c2ccc(F)cc2)n1. The van der Waals surface area contributed by atoms with E-state index < -0.39 is 0 Å². The van der Waals surface area contributed by atoms with Gasteiger partial charge in [0.05, 0.1) is 0 Å². The van der Waals surface area contributed by atoms with Crippen LogP contribution in [0.5, 0.6) is 0 Å². The van der Waals surface area contributed by atoms with Crippen molar-refractivity contribution in [1.82, 2.24) is 14.9 Å². The van der Waals surface area contributed by atoms with Gasteiger partial charge in [-0.05, 0) is 43.0 Å². The Kier molecular flexibility index (Phi) is 6.44. The zero-order valence-electron chi connectivity index (χ0n) is 14.9. The second-order valence-electron chi connectivity index (χ2n) is 6.39. The molecule has 6 heteroatoms. The third kappa shape index (κ3) is 5.24. The Morgan fingerprint density at radius 3 is 2.56 bits per heavy atom. The molecule has 0 radical (unpaired) electrons. The maximum Gasteiger partial charge on any atom is 0.254 e. The van der Waals surface area contributed by atoms with Gasteiger partial charge in [-0.15, -0.1) is 0 Å². The van der Waals surface area contributed by atoms with E-state index in [2.05, 4.69) is 24.1 Å². The number of nitrogens with zero attached hydrogens (tertiary/aromatic N) is 2. The fraction of sp³-hybridized carbons (Fsp3) is 0.421. The molecule has 0 spiro atoms. The number of hydrogen-bond acceptors (Lipinski definition) is 3. The van der Waals surface area contributed by atoms with Crippen molar-refractivity contribution in [3.63, 3.8) is 0 Å². The van der Waals surface area contributed by atoms with Gasteiger partial charge in [-0.2, -0.15) is 0 Å². The van der Waals surface area contributed by atoms with Crippen LogP contribution in [-0.4, -0.2) is 22.0 Å². The smallest absolute Gasteiger partial charge is 0.254 e. The lowest BCUT2D eigenvalue weighted by molar-refractivity contribution is -0.121. The van der Waals surface area contributed by atoms with E-state index in [9.17, 15) is 14.0 Å². The lowest BCUT2D eigenvalue weighted by Gasteiger charge is -2.14. The number of hydrogen-bond donors (Lipinski definition) is 1. The number of benzene rings is 1. The molecule has 1 amide bonds. The molecule has 0 aliphatic carbocycles. The van der Waals surface area contributed by atoms with Gasteiger partial charge in [-0.3, -0.25) is 14.2 Å². The molecule has 0 unspecified atom stereocenters. The van der Waals surface area contributed by atoms with E-state index in [1.54, 1.807) is 12.1 Å². The first-order chi connectivity index (χ1) is 11.9. The molecule has 2 aromatic rings. The lowest BCUT2D eigenvalue weighted by Crippen LogP contribution is -2.34. The first-order valence-corrected chi connectivity index (χ1v) is 8.54. The van der Waals surface area contributed by atoms with Gasteiger partial charge in [-0.25, -0.2) is 9.37 Å². The first-order valence-electron chi connectivity index (χ1n) is 8.54. The molecule has 1 N–H and O–H groups in total. The van der Waals surface area contributed by atoms with Crippen molar-refractivity contribution in [3.05, 3.63) is 52.2 Å². The average molecular weight is 345 g/mol. The minimum Gasteiger partial charge on any atom is -0.355 e. The summed E-state index contributed by atoms with van der Waals surface area (Å²) in [7, 11) is 0. The number of aryl methyl sites for hydroxylation is 1. The largest absolute Gasteiger partial charge is 0.355 e. The number of nitrogens with one attached hydrogen (secondary N) is 1. The molecule has 0 aliphatic heterocycles. The Bertz CT molecular complexity index is 782. The van der Waals surface area contributed by atoms with E-state index in [0.717, 1.165) is 6.42 Å². The summed E-state index contributed by atoms with van der Waals surface area (Å²) in [5.74, 6) is 0.263. The fourth-order valence-corrected chi connectivity index (χ4v) is 2.41. The third-order valence-corrected chi connectivity index (χ3v) is 3.87. The van der Waals surface area contributed by atoms with Gasteiger partial charge < -0.3 is 5.32 Å². The molecule has 0 atom stereocenters. The summed E-state index contributed by atoms with van der Waals surface area (Å²) < 4.78 is 14.5. The van der Waals surface area contributed by atoms with Gasteiger partial charge in [0, 0.05) is 23.9 Å². The summed E-state index contributed by atoms with van der Waals surface area (Å²) in [6.07, 6.45) is 1.48. The van der Waals surface area contributed by atoms with Gasteiger partial charge >= 0.3 is 0 Å². The second kappa shape index (κ2) is 8.55. The highest BCUT2D eigenvalue weighted by molar-refractivity contribution is 5.76. The molecule has 1 aromatic heterocycles. The van der Waals surface area contributed by atoms with E-state index in [4.69, 9.17) is 0 Å². The summed E-state index contributed by atoms with van der Waals surface area (Å²) >= 11 is 0. The van der Waals surface area contributed by atoms with E-state index in [0.29, 0.717) is 36.0 Å². The van der Waals surface area contributed by atoms with Crippen molar-refractivity contribution in [2.75, 3.05) is 6.54 Å². The van der Waals surface area contributed by atoms with Crippen LogP contribution in [0, 0.1) is 11.7 Å². The van der Waals surface area contributed by atoms with Gasteiger partial charge in [0.25, 0.3) is 5.56 Å². The van der Waals surface area contributed by atoms with Crippen LogP contribution in [-0.2, 0) is 17.8 Å². The predicted octanol–water partition coefficient (Wildman–Crippen LogP) is 2.77. The van der Waals surface area contributed by atoms with Crippen LogP contribution in [0.4, 0.5) is 4.39 Å². The van der Waals surface area contributed by atoms with Gasteiger partial charge in [0.1, 0.15) is 18.2 Å². The van der Waals surface area contributed by atoms with E-state index in [1.807, 2.05) is 6.92 Å². The van der Waals surface area contributed by atoms with E-state index in [1.165, 1.54) is 22.8 Å². The Morgan fingerprint density at radius 2 is 1.96 bits per heavy atom. The van der Waals surface area contributed by atoms with Crippen molar-refractivity contribution in [1.29, 1.82) is 0 Å². The highest BCUT2D eigenvalue weighted by atomic mass is 19.1. The summed E-state index contributed by atoms with van der Waals surface area (Å²) in [5, 5.41) is 2.82. The monoisotopic (exact) mass is 345 g/mol. The summed E-state index contributed by atoms with van der Waals surface area (Å²) in [6.45, 7) is 6.52. The Hall–Kier alpha value is -2.50. The van der Waals surface area contributed by atoms with Gasteiger partial charge in [-0.1, -0.05) is 20.8 Å². The van der Waals surface area contributed by atoms with Crippen LogP contribution in [0.25, 0.3) is 11.4 Å². The number of carbonyl (C=O) groups excluding carboxylic acids is 1. The van der Waals surface area contributed by atoms with Crippen LogP contribution in [0.3, 0.4) is 0 Å². The molecule has 1 aromatic carbocycles. The molecular weight excluding hydrogens is 321 g/mol. The number of aromatic nitrogens is 2. The molecule has 1 heterocycles. The Morgan fingerprint density at radius 1 is 1.28 bits per heavy atom. The highest BCUT2D eigenvalue weighted by Gasteiger charge is 2.14. The molecule has 5 nitrogen and oxygen atoms in total. The van der Waals surface area contributed by atoms with Crippen molar-refractivity contribution in [2.45, 2.75) is 40.2 Å². The molecular formula is C19H24FN3O2. The van der Waals surface area contributed by atoms with E-state index in [-0.39, 0.29) is 23.8 Å². The van der Waals surface area contributed by atoms with Crippen LogP contribution >= 0.6 is 0 Å². The standard InChI is InChI=1S/C19H24FN3O2/c1-4-16-11-18(25)23(12-17(24)21-10-9-13(2)3)19(22-16)14-5-7-15(20)8-6-14/h5-8,11,13H,4,9-10,12H2,1-3H3,(H,21,24). The summed E-state index contributed by atoms with van der Waals surface area (Å²) in [4.78, 5) is 29.1. The number of carbonyl (C=O) groups is 1. The normalized spacial score (nSPS) is 10.9. The van der Waals surface area contributed by atoms with Crippen LogP contribution in [0.1, 0.15) is 32.9 Å². The molecule has 0 saturated heterocycles. The quantitative estimate of drug-likeness (QED) is 0.839. The Labute approximate surface area is 146 Å². The minimum absolute atomic E-state index is 0.110.